The van der Waals surface area contributed by atoms with E-state index in [-0.39, 0.29) is 5.56 Å². The van der Waals surface area contributed by atoms with Crippen molar-refractivity contribution in [2.45, 2.75) is 19.8 Å². The van der Waals surface area contributed by atoms with Crippen LogP contribution in [0.3, 0.4) is 0 Å². The van der Waals surface area contributed by atoms with Crippen LogP contribution < -0.4 is 11.2 Å². The molecule has 0 saturated carbocycles. The van der Waals surface area contributed by atoms with Crippen molar-refractivity contribution < 1.29 is 0 Å². The van der Waals surface area contributed by atoms with Crippen molar-refractivity contribution in [2.75, 3.05) is 0 Å². The smallest absolute Gasteiger partial charge is 0.314 e. The number of rotatable bonds is 3. The van der Waals surface area contributed by atoms with Crippen molar-refractivity contribution in [1.29, 1.82) is 0 Å². The molecule has 0 aliphatic rings. The van der Waals surface area contributed by atoms with Crippen LogP contribution in [0, 0.1) is 0 Å². The summed E-state index contributed by atoms with van der Waals surface area (Å²) >= 11 is 0. The summed E-state index contributed by atoms with van der Waals surface area (Å²) in [5, 5.41) is 0. The van der Waals surface area contributed by atoms with E-state index in [1.807, 2.05) is 6.08 Å². The quantitative estimate of drug-likeness (QED) is 0.725. The van der Waals surface area contributed by atoms with Crippen LogP contribution in [-0.4, -0.2) is 9.97 Å². The molecule has 0 bridgehead atoms. The van der Waals surface area contributed by atoms with E-state index in [0.29, 0.717) is 5.56 Å². The number of unbranched alkanes of at least 4 members (excludes halogenated alkanes) is 1. The molecule has 4 heteroatoms. The first kappa shape index (κ1) is 9.51. The van der Waals surface area contributed by atoms with Gasteiger partial charge in [-0.25, -0.2) is 4.79 Å². The number of allylic oxidation sites excluding steroid dienone is 1. The zero-order valence-electron chi connectivity index (χ0n) is 7.46. The van der Waals surface area contributed by atoms with Crippen LogP contribution in [0.5, 0.6) is 0 Å². The first-order chi connectivity index (χ1) is 6.24. The Morgan fingerprint density at radius 1 is 1.46 bits per heavy atom. The molecule has 0 aliphatic heterocycles. The SMILES string of the molecule is CCCC=Cc1c[nH]c(=O)[nH]c1=O. The number of nitrogens with one attached hydrogen (secondary N) is 2. The Bertz CT molecular complexity index is 401. The summed E-state index contributed by atoms with van der Waals surface area (Å²) < 4.78 is 0. The van der Waals surface area contributed by atoms with Crippen LogP contribution in [0.15, 0.2) is 21.9 Å². The molecular formula is C9H12N2O2. The maximum absolute atomic E-state index is 11.1. The second-order valence-electron chi connectivity index (χ2n) is 2.72. The number of hydrogen-bond donors (Lipinski definition) is 2. The van der Waals surface area contributed by atoms with E-state index < -0.39 is 5.69 Å². The number of hydrogen-bond acceptors (Lipinski definition) is 2. The molecule has 0 aromatic carbocycles. The van der Waals surface area contributed by atoms with E-state index in [1.54, 1.807) is 6.08 Å². The van der Waals surface area contributed by atoms with Crippen molar-refractivity contribution in [2.24, 2.45) is 0 Å². The molecule has 70 valence electrons. The van der Waals surface area contributed by atoms with E-state index in [9.17, 15) is 9.59 Å². The van der Waals surface area contributed by atoms with Gasteiger partial charge in [0, 0.05) is 6.20 Å². The highest BCUT2D eigenvalue weighted by Gasteiger charge is 1.93. The molecule has 1 rings (SSSR count). The van der Waals surface area contributed by atoms with Gasteiger partial charge in [0.15, 0.2) is 0 Å². The molecule has 2 N–H and O–H groups in total. The van der Waals surface area contributed by atoms with Crippen molar-refractivity contribution in [3.8, 4) is 0 Å². The Morgan fingerprint density at radius 3 is 2.85 bits per heavy atom. The minimum Gasteiger partial charge on any atom is -0.314 e. The van der Waals surface area contributed by atoms with E-state index in [0.717, 1.165) is 12.8 Å². The standard InChI is InChI=1S/C9H12N2O2/c1-2-3-4-5-7-6-10-9(13)11-8(7)12/h4-6H,2-3H2,1H3,(H2,10,11,12,13). The average molecular weight is 180 g/mol. The summed E-state index contributed by atoms with van der Waals surface area (Å²) in [5.41, 5.74) is -0.346. The summed E-state index contributed by atoms with van der Waals surface area (Å²) in [5.74, 6) is 0. The Labute approximate surface area is 75.3 Å². The summed E-state index contributed by atoms with van der Waals surface area (Å²) in [6.45, 7) is 2.06. The lowest BCUT2D eigenvalue weighted by Crippen LogP contribution is -2.22. The van der Waals surface area contributed by atoms with Crippen LogP contribution in [0.2, 0.25) is 0 Å². The fourth-order valence-corrected chi connectivity index (χ4v) is 0.921. The van der Waals surface area contributed by atoms with E-state index >= 15 is 0 Å². The monoisotopic (exact) mass is 180 g/mol. The van der Waals surface area contributed by atoms with Crippen LogP contribution >= 0.6 is 0 Å². The summed E-state index contributed by atoms with van der Waals surface area (Å²) in [4.78, 5) is 26.3. The van der Waals surface area contributed by atoms with Gasteiger partial charge in [-0.15, -0.1) is 0 Å². The van der Waals surface area contributed by atoms with Gasteiger partial charge in [-0.2, -0.15) is 0 Å². The molecule has 0 radical (unpaired) electrons. The normalized spacial score (nSPS) is 10.8. The van der Waals surface area contributed by atoms with E-state index in [4.69, 9.17) is 0 Å². The van der Waals surface area contributed by atoms with Crippen molar-refractivity contribution in [3.05, 3.63) is 38.7 Å². The number of H-pyrrole nitrogens is 2. The first-order valence-corrected chi connectivity index (χ1v) is 4.22. The molecule has 4 nitrogen and oxygen atoms in total. The van der Waals surface area contributed by atoms with Gasteiger partial charge in [-0.1, -0.05) is 25.5 Å². The third kappa shape index (κ3) is 2.74. The van der Waals surface area contributed by atoms with Crippen LogP contribution in [-0.2, 0) is 0 Å². The largest absolute Gasteiger partial charge is 0.325 e. The molecule has 13 heavy (non-hydrogen) atoms. The fraction of sp³-hybridized carbons (Fsp3) is 0.333. The van der Waals surface area contributed by atoms with Crippen molar-refractivity contribution in [3.63, 3.8) is 0 Å². The molecule has 0 atom stereocenters. The second-order valence-corrected chi connectivity index (χ2v) is 2.72. The van der Waals surface area contributed by atoms with Crippen molar-refractivity contribution in [1.82, 2.24) is 9.97 Å². The van der Waals surface area contributed by atoms with Crippen LogP contribution in [0.4, 0.5) is 0 Å². The van der Waals surface area contributed by atoms with E-state index in [2.05, 4.69) is 16.9 Å². The molecular weight excluding hydrogens is 168 g/mol. The zero-order valence-corrected chi connectivity index (χ0v) is 7.46. The molecule has 0 saturated heterocycles. The van der Waals surface area contributed by atoms with Gasteiger partial charge in [-0.05, 0) is 6.42 Å². The van der Waals surface area contributed by atoms with Gasteiger partial charge in [0.2, 0.25) is 0 Å². The molecule has 0 amide bonds. The molecule has 1 aromatic heterocycles. The van der Waals surface area contributed by atoms with Gasteiger partial charge in [0.25, 0.3) is 5.56 Å². The molecule has 1 aromatic rings. The van der Waals surface area contributed by atoms with Crippen LogP contribution in [0.25, 0.3) is 6.08 Å². The predicted octanol–water partition coefficient (Wildman–Crippen LogP) is 0.876. The third-order valence-electron chi connectivity index (χ3n) is 1.60. The second kappa shape index (κ2) is 4.45. The fourth-order valence-electron chi connectivity index (χ4n) is 0.921. The van der Waals surface area contributed by atoms with Gasteiger partial charge < -0.3 is 4.98 Å². The number of aromatic nitrogens is 2. The summed E-state index contributed by atoms with van der Waals surface area (Å²) in [7, 11) is 0. The third-order valence-corrected chi connectivity index (χ3v) is 1.60. The minimum atomic E-state index is -0.474. The van der Waals surface area contributed by atoms with Crippen LogP contribution in [0.1, 0.15) is 25.3 Å². The molecule has 0 spiro atoms. The minimum absolute atomic E-state index is 0.351. The van der Waals surface area contributed by atoms with E-state index in [1.165, 1.54) is 6.20 Å². The maximum Gasteiger partial charge on any atom is 0.325 e. The summed E-state index contributed by atoms with van der Waals surface area (Å²) in [6.07, 6.45) is 6.99. The molecule has 0 aliphatic carbocycles. The lowest BCUT2D eigenvalue weighted by molar-refractivity contribution is 0.961. The predicted molar refractivity (Wildman–Crippen MR) is 51.6 cm³/mol. The molecule has 0 unspecified atom stereocenters. The Balaban J connectivity index is 2.90. The Kier molecular flexibility index (Phi) is 3.25. The first-order valence-electron chi connectivity index (χ1n) is 4.22. The highest BCUT2D eigenvalue weighted by molar-refractivity contribution is 5.45. The van der Waals surface area contributed by atoms with Gasteiger partial charge in [0.1, 0.15) is 0 Å². The maximum atomic E-state index is 11.1. The average Bonchev–Trinajstić information content (AvgIpc) is 2.09. The zero-order chi connectivity index (χ0) is 9.68. The Morgan fingerprint density at radius 2 is 2.23 bits per heavy atom. The Hall–Kier alpha value is -1.58. The lowest BCUT2D eigenvalue weighted by Gasteiger charge is -1.89. The highest BCUT2D eigenvalue weighted by atomic mass is 16.2. The highest BCUT2D eigenvalue weighted by Crippen LogP contribution is 1.94. The molecule has 1 heterocycles. The van der Waals surface area contributed by atoms with Gasteiger partial charge in [-0.3, -0.25) is 9.78 Å². The topological polar surface area (TPSA) is 65.7 Å². The molecule has 0 fully saturated rings. The summed E-state index contributed by atoms with van der Waals surface area (Å²) in [6, 6.07) is 0. The van der Waals surface area contributed by atoms with Crippen molar-refractivity contribution >= 4 is 6.08 Å². The number of aromatic amines is 2. The van der Waals surface area contributed by atoms with Gasteiger partial charge in [0.05, 0.1) is 5.56 Å². The van der Waals surface area contributed by atoms with Gasteiger partial charge >= 0.3 is 5.69 Å². The lowest BCUT2D eigenvalue weighted by atomic mass is 10.2.